The Hall–Kier alpha value is -1.32. The summed E-state index contributed by atoms with van der Waals surface area (Å²) < 4.78 is 0. The number of hydrogen-bond donors (Lipinski definition) is 1. The van der Waals surface area contributed by atoms with Crippen molar-refractivity contribution in [1.29, 1.82) is 0 Å². The van der Waals surface area contributed by atoms with Crippen molar-refractivity contribution in [2.75, 3.05) is 5.73 Å². The van der Waals surface area contributed by atoms with E-state index in [9.17, 15) is 0 Å². The SMILES string of the molecule is Nc1cc(-c2cc(Cl)ccc2Cl)nc(C2CC2)n1. The van der Waals surface area contributed by atoms with Crippen molar-refractivity contribution >= 4 is 29.0 Å². The molecule has 2 aromatic rings. The molecule has 1 aliphatic rings. The summed E-state index contributed by atoms with van der Waals surface area (Å²) in [7, 11) is 0. The minimum Gasteiger partial charge on any atom is -0.384 e. The van der Waals surface area contributed by atoms with Crippen LogP contribution >= 0.6 is 23.2 Å². The van der Waals surface area contributed by atoms with Crippen LogP contribution in [0.5, 0.6) is 0 Å². The minimum absolute atomic E-state index is 0.449. The van der Waals surface area contributed by atoms with E-state index in [0.29, 0.717) is 21.8 Å². The lowest BCUT2D eigenvalue weighted by atomic mass is 10.1. The zero-order chi connectivity index (χ0) is 12.7. The molecule has 0 atom stereocenters. The van der Waals surface area contributed by atoms with Crippen LogP contribution in [0.4, 0.5) is 5.82 Å². The highest BCUT2D eigenvalue weighted by Crippen LogP contribution is 2.39. The molecule has 18 heavy (non-hydrogen) atoms. The van der Waals surface area contributed by atoms with Crippen LogP contribution in [-0.2, 0) is 0 Å². The van der Waals surface area contributed by atoms with Gasteiger partial charge < -0.3 is 5.73 Å². The van der Waals surface area contributed by atoms with Crippen molar-refractivity contribution in [3.8, 4) is 11.3 Å². The first-order valence-electron chi connectivity index (χ1n) is 5.73. The van der Waals surface area contributed by atoms with Gasteiger partial charge in [0.25, 0.3) is 0 Å². The van der Waals surface area contributed by atoms with Gasteiger partial charge in [-0.1, -0.05) is 23.2 Å². The lowest BCUT2D eigenvalue weighted by Gasteiger charge is -2.07. The largest absolute Gasteiger partial charge is 0.384 e. The highest BCUT2D eigenvalue weighted by Gasteiger charge is 2.27. The van der Waals surface area contributed by atoms with Gasteiger partial charge in [-0.25, -0.2) is 9.97 Å². The van der Waals surface area contributed by atoms with Crippen LogP contribution in [0.25, 0.3) is 11.3 Å². The molecule has 1 heterocycles. The average Bonchev–Trinajstić information content (AvgIpc) is 3.15. The zero-order valence-electron chi connectivity index (χ0n) is 9.53. The predicted molar refractivity (Wildman–Crippen MR) is 73.9 cm³/mol. The van der Waals surface area contributed by atoms with Gasteiger partial charge in [-0.15, -0.1) is 0 Å². The molecule has 0 spiro atoms. The van der Waals surface area contributed by atoms with Gasteiger partial charge in [0, 0.05) is 22.6 Å². The van der Waals surface area contributed by atoms with Crippen molar-refractivity contribution in [3.05, 3.63) is 40.1 Å². The fourth-order valence-electron chi connectivity index (χ4n) is 1.84. The maximum absolute atomic E-state index is 6.17. The Labute approximate surface area is 115 Å². The van der Waals surface area contributed by atoms with Gasteiger partial charge in [0.05, 0.1) is 10.7 Å². The van der Waals surface area contributed by atoms with Crippen molar-refractivity contribution < 1.29 is 0 Å². The van der Waals surface area contributed by atoms with E-state index in [0.717, 1.165) is 29.9 Å². The molecule has 1 fully saturated rings. The maximum atomic E-state index is 6.17. The van der Waals surface area contributed by atoms with Crippen molar-refractivity contribution in [3.63, 3.8) is 0 Å². The third-order valence-electron chi connectivity index (χ3n) is 2.91. The standard InChI is InChI=1S/C13H11Cl2N3/c14-8-3-4-10(15)9(5-8)11-6-12(16)18-13(17-11)7-1-2-7/h3-7H,1-2H2,(H2,16,17,18). The van der Waals surface area contributed by atoms with Crippen LogP contribution in [-0.4, -0.2) is 9.97 Å². The van der Waals surface area contributed by atoms with Gasteiger partial charge in [0.2, 0.25) is 0 Å². The van der Waals surface area contributed by atoms with Gasteiger partial charge in [-0.2, -0.15) is 0 Å². The Bertz CT molecular complexity index is 609. The lowest BCUT2D eigenvalue weighted by molar-refractivity contribution is 0.936. The Kier molecular flexibility index (Phi) is 2.88. The summed E-state index contributed by atoms with van der Waals surface area (Å²) in [6.07, 6.45) is 2.26. The highest BCUT2D eigenvalue weighted by atomic mass is 35.5. The van der Waals surface area contributed by atoms with E-state index in [-0.39, 0.29) is 0 Å². The fraction of sp³-hybridized carbons (Fsp3) is 0.231. The van der Waals surface area contributed by atoms with Crippen LogP contribution in [0.2, 0.25) is 10.0 Å². The molecule has 0 unspecified atom stereocenters. The number of hydrogen-bond acceptors (Lipinski definition) is 3. The second-order valence-electron chi connectivity index (χ2n) is 4.43. The summed E-state index contributed by atoms with van der Waals surface area (Å²) in [5.74, 6) is 1.73. The highest BCUT2D eigenvalue weighted by molar-refractivity contribution is 6.35. The van der Waals surface area contributed by atoms with E-state index < -0.39 is 0 Å². The molecule has 1 aromatic heterocycles. The molecule has 0 aliphatic heterocycles. The lowest BCUT2D eigenvalue weighted by Crippen LogP contribution is -2.00. The Morgan fingerprint density at radius 3 is 2.61 bits per heavy atom. The van der Waals surface area contributed by atoms with Crippen LogP contribution in [0.1, 0.15) is 24.6 Å². The van der Waals surface area contributed by atoms with Crippen LogP contribution < -0.4 is 5.73 Å². The summed E-state index contributed by atoms with van der Waals surface area (Å²) in [5.41, 5.74) is 7.35. The van der Waals surface area contributed by atoms with Gasteiger partial charge in [0.15, 0.2) is 0 Å². The van der Waals surface area contributed by atoms with E-state index in [2.05, 4.69) is 9.97 Å². The van der Waals surface area contributed by atoms with Crippen LogP contribution in [0.3, 0.4) is 0 Å². The van der Waals surface area contributed by atoms with Crippen molar-refractivity contribution in [2.45, 2.75) is 18.8 Å². The molecule has 0 radical (unpaired) electrons. The van der Waals surface area contributed by atoms with Crippen molar-refractivity contribution in [2.24, 2.45) is 0 Å². The molecule has 1 aliphatic carbocycles. The normalized spacial score (nSPS) is 14.8. The quantitative estimate of drug-likeness (QED) is 0.907. The number of benzene rings is 1. The van der Waals surface area contributed by atoms with Gasteiger partial charge >= 0.3 is 0 Å². The van der Waals surface area contributed by atoms with Gasteiger partial charge in [0.1, 0.15) is 11.6 Å². The number of nitrogen functional groups attached to an aromatic ring is 1. The Morgan fingerprint density at radius 1 is 1.11 bits per heavy atom. The third kappa shape index (κ3) is 2.28. The molecular formula is C13H11Cl2N3. The van der Waals surface area contributed by atoms with Crippen molar-refractivity contribution in [1.82, 2.24) is 9.97 Å². The third-order valence-corrected chi connectivity index (χ3v) is 3.47. The average molecular weight is 280 g/mol. The zero-order valence-corrected chi connectivity index (χ0v) is 11.0. The van der Waals surface area contributed by atoms with E-state index in [1.807, 2.05) is 0 Å². The first-order valence-corrected chi connectivity index (χ1v) is 6.49. The predicted octanol–water partition coefficient (Wildman–Crippen LogP) is 3.91. The smallest absolute Gasteiger partial charge is 0.134 e. The molecule has 2 N–H and O–H groups in total. The summed E-state index contributed by atoms with van der Waals surface area (Å²) in [6, 6.07) is 7.03. The summed E-state index contributed by atoms with van der Waals surface area (Å²) >= 11 is 12.2. The number of nitrogens with two attached hydrogens (primary N) is 1. The Balaban J connectivity index is 2.12. The first kappa shape index (κ1) is 11.8. The molecule has 3 rings (SSSR count). The summed E-state index contributed by atoms with van der Waals surface area (Å²) in [6.45, 7) is 0. The van der Waals surface area contributed by atoms with Gasteiger partial charge in [-0.05, 0) is 31.0 Å². The van der Waals surface area contributed by atoms with E-state index >= 15 is 0 Å². The second kappa shape index (κ2) is 4.41. The summed E-state index contributed by atoms with van der Waals surface area (Å²) in [5, 5.41) is 1.24. The minimum atomic E-state index is 0.449. The molecule has 92 valence electrons. The topological polar surface area (TPSA) is 51.8 Å². The van der Waals surface area contributed by atoms with E-state index in [1.54, 1.807) is 24.3 Å². The van der Waals surface area contributed by atoms with Crippen LogP contribution in [0, 0.1) is 0 Å². The maximum Gasteiger partial charge on any atom is 0.134 e. The van der Waals surface area contributed by atoms with E-state index in [4.69, 9.17) is 28.9 Å². The number of aromatic nitrogens is 2. The van der Waals surface area contributed by atoms with Gasteiger partial charge in [-0.3, -0.25) is 0 Å². The monoisotopic (exact) mass is 279 g/mol. The molecule has 3 nitrogen and oxygen atoms in total. The molecule has 0 amide bonds. The number of nitrogens with zero attached hydrogens (tertiary/aromatic N) is 2. The number of anilines is 1. The summed E-state index contributed by atoms with van der Waals surface area (Å²) in [4.78, 5) is 8.80. The molecular weight excluding hydrogens is 269 g/mol. The molecule has 0 saturated heterocycles. The molecule has 1 aromatic carbocycles. The van der Waals surface area contributed by atoms with E-state index in [1.165, 1.54) is 0 Å². The molecule has 5 heteroatoms. The molecule has 1 saturated carbocycles. The Morgan fingerprint density at radius 2 is 1.89 bits per heavy atom. The second-order valence-corrected chi connectivity index (χ2v) is 5.28. The van der Waals surface area contributed by atoms with Crippen LogP contribution in [0.15, 0.2) is 24.3 Å². The molecule has 0 bridgehead atoms. The number of halogens is 2. The fourth-order valence-corrected chi connectivity index (χ4v) is 2.23. The first-order chi connectivity index (χ1) is 8.63. The number of rotatable bonds is 2.